The van der Waals surface area contributed by atoms with Crippen molar-refractivity contribution in [1.82, 2.24) is 0 Å². The van der Waals surface area contributed by atoms with E-state index in [0.29, 0.717) is 34.8 Å². The number of aryl methyl sites for hydroxylation is 3. The summed E-state index contributed by atoms with van der Waals surface area (Å²) in [5, 5.41) is 0. The highest BCUT2D eigenvalue weighted by molar-refractivity contribution is 7.92. The number of hydrogen-bond acceptors (Lipinski definition) is 4. The first-order valence-electron chi connectivity index (χ1n) is 10.5. The van der Waals surface area contributed by atoms with Crippen molar-refractivity contribution < 1.29 is 17.9 Å². The number of fused-ring (bicyclic) bond motifs is 1. The van der Waals surface area contributed by atoms with Gasteiger partial charge in [0.05, 0.1) is 21.7 Å². The van der Waals surface area contributed by atoms with Crippen LogP contribution in [0.1, 0.15) is 44.4 Å². The zero-order chi connectivity index (χ0) is 23.1. The maximum absolute atomic E-state index is 13.1. The summed E-state index contributed by atoms with van der Waals surface area (Å²) in [7, 11) is -3.78. The van der Waals surface area contributed by atoms with Crippen LogP contribution in [0, 0.1) is 32.1 Å². The maximum Gasteiger partial charge on any atom is 0.262 e. The van der Waals surface area contributed by atoms with E-state index in [-0.39, 0.29) is 23.3 Å². The normalized spacial score (nSPS) is 16.0. The molecule has 168 valence electrons. The van der Waals surface area contributed by atoms with Gasteiger partial charge in [-0.15, -0.1) is 0 Å². The van der Waals surface area contributed by atoms with E-state index in [2.05, 4.69) is 18.6 Å². The third kappa shape index (κ3) is 4.71. The summed E-state index contributed by atoms with van der Waals surface area (Å²) >= 11 is 0. The fourth-order valence-electron chi connectivity index (χ4n) is 4.05. The Hall–Kier alpha value is -2.54. The van der Waals surface area contributed by atoms with E-state index >= 15 is 0 Å². The van der Waals surface area contributed by atoms with Gasteiger partial charge < -0.3 is 9.64 Å². The molecule has 0 saturated carbocycles. The Morgan fingerprint density at radius 3 is 2.29 bits per heavy atom. The number of rotatable bonds is 5. The highest BCUT2D eigenvalue weighted by Gasteiger charge is 2.38. The van der Waals surface area contributed by atoms with Gasteiger partial charge in [0.15, 0.2) is 0 Å². The molecule has 0 aromatic heterocycles. The topological polar surface area (TPSA) is 75.7 Å². The molecule has 7 heteroatoms. The molecular formula is C24H32N2O4S. The third-order valence-corrected chi connectivity index (χ3v) is 7.02. The molecule has 0 spiro atoms. The molecule has 1 amide bonds. The van der Waals surface area contributed by atoms with Crippen molar-refractivity contribution >= 4 is 27.3 Å². The Bertz CT molecular complexity index is 1100. The lowest BCUT2D eigenvalue weighted by Gasteiger charge is -2.29. The van der Waals surface area contributed by atoms with E-state index in [1.54, 1.807) is 36.9 Å². The summed E-state index contributed by atoms with van der Waals surface area (Å²) in [6.07, 6.45) is 0. The molecule has 0 saturated heterocycles. The molecule has 2 aromatic rings. The SMILES string of the molecule is Cc1cc(C)c(S(=O)(=O)Nc2ccc3c(c2)OCC(C)(C)C(=O)N3CC(C)C)c(C)c1. The number of nitrogens with zero attached hydrogens (tertiary/aromatic N) is 1. The highest BCUT2D eigenvalue weighted by atomic mass is 32.2. The van der Waals surface area contributed by atoms with E-state index in [4.69, 9.17) is 4.74 Å². The van der Waals surface area contributed by atoms with Crippen LogP contribution < -0.4 is 14.4 Å². The largest absolute Gasteiger partial charge is 0.490 e. The monoisotopic (exact) mass is 444 g/mol. The zero-order valence-electron chi connectivity index (χ0n) is 19.4. The number of ether oxygens (including phenoxy) is 1. The molecule has 0 fully saturated rings. The second-order valence-corrected chi connectivity index (χ2v) is 11.1. The first-order valence-corrected chi connectivity index (χ1v) is 12.0. The second-order valence-electron chi connectivity index (χ2n) is 9.50. The first-order chi connectivity index (χ1) is 14.3. The van der Waals surface area contributed by atoms with Crippen LogP contribution in [0.2, 0.25) is 0 Å². The van der Waals surface area contributed by atoms with E-state index < -0.39 is 15.4 Å². The van der Waals surface area contributed by atoms with Crippen LogP contribution in [0.5, 0.6) is 5.75 Å². The molecule has 0 bridgehead atoms. The highest BCUT2D eigenvalue weighted by Crippen LogP contribution is 2.39. The van der Waals surface area contributed by atoms with Crippen molar-refractivity contribution in [3.8, 4) is 5.75 Å². The number of carbonyl (C=O) groups excluding carboxylic acids is 1. The van der Waals surface area contributed by atoms with Crippen LogP contribution in [0.4, 0.5) is 11.4 Å². The van der Waals surface area contributed by atoms with Crippen LogP contribution >= 0.6 is 0 Å². The quantitative estimate of drug-likeness (QED) is 0.717. The number of sulfonamides is 1. The Labute approximate surface area is 185 Å². The number of anilines is 2. The first kappa shape index (κ1) is 23.1. The fraction of sp³-hybridized carbons (Fsp3) is 0.458. The van der Waals surface area contributed by atoms with Gasteiger partial charge in [-0.3, -0.25) is 9.52 Å². The number of amides is 1. The third-order valence-electron chi connectivity index (χ3n) is 5.34. The van der Waals surface area contributed by atoms with Gasteiger partial charge in [-0.1, -0.05) is 31.5 Å². The molecule has 2 aromatic carbocycles. The van der Waals surface area contributed by atoms with Gasteiger partial charge in [0.1, 0.15) is 12.4 Å². The minimum atomic E-state index is -3.78. The van der Waals surface area contributed by atoms with E-state index in [0.717, 1.165) is 5.56 Å². The fourth-order valence-corrected chi connectivity index (χ4v) is 5.56. The summed E-state index contributed by atoms with van der Waals surface area (Å²) in [4.78, 5) is 15.1. The Morgan fingerprint density at radius 1 is 1.10 bits per heavy atom. The van der Waals surface area contributed by atoms with Crippen LogP contribution in [0.15, 0.2) is 35.2 Å². The molecule has 0 atom stereocenters. The van der Waals surface area contributed by atoms with Gasteiger partial charge in [-0.2, -0.15) is 0 Å². The Morgan fingerprint density at radius 2 is 1.71 bits per heavy atom. The van der Waals surface area contributed by atoms with Gasteiger partial charge in [0, 0.05) is 12.6 Å². The van der Waals surface area contributed by atoms with Crippen molar-refractivity contribution in [1.29, 1.82) is 0 Å². The summed E-state index contributed by atoms with van der Waals surface area (Å²) in [6.45, 7) is 14.2. The van der Waals surface area contributed by atoms with Gasteiger partial charge in [0.25, 0.3) is 10.0 Å². The molecule has 1 aliphatic rings. The van der Waals surface area contributed by atoms with Crippen LogP contribution in [0.3, 0.4) is 0 Å². The molecule has 31 heavy (non-hydrogen) atoms. The minimum Gasteiger partial charge on any atom is -0.490 e. The second kappa shape index (κ2) is 8.19. The minimum absolute atomic E-state index is 0.000754. The Kier molecular flexibility index (Phi) is 6.11. The predicted molar refractivity (Wildman–Crippen MR) is 124 cm³/mol. The lowest BCUT2D eigenvalue weighted by atomic mass is 9.92. The average Bonchev–Trinajstić information content (AvgIpc) is 2.70. The molecular weight excluding hydrogens is 412 g/mol. The van der Waals surface area contributed by atoms with Gasteiger partial charge in [-0.25, -0.2) is 8.42 Å². The zero-order valence-corrected chi connectivity index (χ0v) is 20.2. The van der Waals surface area contributed by atoms with E-state index in [1.165, 1.54) is 0 Å². The number of benzene rings is 2. The molecule has 3 rings (SSSR count). The van der Waals surface area contributed by atoms with E-state index in [9.17, 15) is 13.2 Å². The number of carbonyl (C=O) groups is 1. The summed E-state index contributed by atoms with van der Waals surface area (Å²) < 4.78 is 34.9. The molecule has 1 N–H and O–H groups in total. The molecule has 0 unspecified atom stereocenters. The predicted octanol–water partition coefficient (Wildman–Crippen LogP) is 4.82. The summed E-state index contributed by atoms with van der Waals surface area (Å²) in [6, 6.07) is 8.81. The van der Waals surface area contributed by atoms with Crippen molar-refractivity contribution in [3.63, 3.8) is 0 Å². The molecule has 1 heterocycles. The van der Waals surface area contributed by atoms with Crippen molar-refractivity contribution in [2.45, 2.75) is 53.4 Å². The van der Waals surface area contributed by atoms with Gasteiger partial charge in [-0.05, 0) is 63.8 Å². The van der Waals surface area contributed by atoms with Crippen LogP contribution in [-0.2, 0) is 14.8 Å². The molecule has 0 aliphatic carbocycles. The van der Waals surface area contributed by atoms with Crippen molar-refractivity contribution in [2.75, 3.05) is 22.8 Å². The molecule has 0 radical (unpaired) electrons. The maximum atomic E-state index is 13.1. The lowest BCUT2D eigenvalue weighted by molar-refractivity contribution is -0.127. The molecule has 1 aliphatic heterocycles. The Balaban J connectivity index is 2.00. The van der Waals surface area contributed by atoms with Gasteiger partial charge in [0.2, 0.25) is 5.91 Å². The standard InChI is InChI=1S/C24H32N2O4S/c1-15(2)13-26-20-9-8-19(12-21(20)30-14-24(6,7)23(26)27)25-31(28,29)22-17(4)10-16(3)11-18(22)5/h8-12,15,25H,13-14H2,1-7H3. The van der Waals surface area contributed by atoms with Crippen LogP contribution in [-0.4, -0.2) is 27.5 Å². The number of nitrogens with one attached hydrogen (secondary N) is 1. The number of hydrogen-bond donors (Lipinski definition) is 1. The summed E-state index contributed by atoms with van der Waals surface area (Å²) in [5.74, 6) is 0.771. The average molecular weight is 445 g/mol. The summed E-state index contributed by atoms with van der Waals surface area (Å²) in [5.41, 5.74) is 2.80. The lowest BCUT2D eigenvalue weighted by Crippen LogP contribution is -2.43. The van der Waals surface area contributed by atoms with Crippen molar-refractivity contribution in [2.24, 2.45) is 11.3 Å². The molecule has 6 nitrogen and oxygen atoms in total. The van der Waals surface area contributed by atoms with E-state index in [1.807, 2.05) is 32.9 Å². The van der Waals surface area contributed by atoms with Crippen LogP contribution in [0.25, 0.3) is 0 Å². The van der Waals surface area contributed by atoms with Crippen molar-refractivity contribution in [3.05, 3.63) is 47.0 Å². The smallest absolute Gasteiger partial charge is 0.262 e. The van der Waals surface area contributed by atoms with Gasteiger partial charge >= 0.3 is 0 Å².